The number of hydrogen-bond acceptors (Lipinski definition) is 3. The van der Waals surface area contributed by atoms with Crippen molar-refractivity contribution in [3.63, 3.8) is 0 Å². The summed E-state index contributed by atoms with van der Waals surface area (Å²) in [6.07, 6.45) is 0. The normalized spacial score (nSPS) is 10.8. The molecule has 0 amide bonds. The molecule has 0 aliphatic heterocycles. The molecule has 0 fully saturated rings. The number of benzene rings is 1. The number of aromatic nitrogens is 3. The lowest BCUT2D eigenvalue weighted by atomic mass is 10.1. The van der Waals surface area contributed by atoms with E-state index < -0.39 is 11.6 Å². The Morgan fingerprint density at radius 2 is 2.06 bits per heavy atom. The average molecular weight is 225 g/mol. The molecule has 1 aromatic heterocycles. The van der Waals surface area contributed by atoms with Crippen LogP contribution in [0.3, 0.4) is 0 Å². The van der Waals surface area contributed by atoms with Crippen molar-refractivity contribution in [2.75, 3.05) is 0 Å². The van der Waals surface area contributed by atoms with E-state index >= 15 is 0 Å². The van der Waals surface area contributed by atoms with Gasteiger partial charge in [-0.2, -0.15) is 0 Å². The van der Waals surface area contributed by atoms with Gasteiger partial charge in [0.25, 0.3) is 0 Å². The van der Waals surface area contributed by atoms with Gasteiger partial charge in [0.05, 0.1) is 12.3 Å². The van der Waals surface area contributed by atoms with Crippen molar-refractivity contribution in [1.29, 1.82) is 0 Å². The zero-order chi connectivity index (χ0) is 11.7. The second-order valence-electron chi connectivity index (χ2n) is 3.30. The lowest BCUT2D eigenvalue weighted by Gasteiger charge is -2.03. The van der Waals surface area contributed by atoms with Crippen LogP contribution in [-0.2, 0) is 13.7 Å². The van der Waals surface area contributed by atoms with Crippen LogP contribution in [0.15, 0.2) is 18.2 Å². The molecule has 0 bridgehead atoms. The molecule has 1 aromatic carbocycles. The van der Waals surface area contributed by atoms with E-state index in [-0.39, 0.29) is 6.61 Å². The third kappa shape index (κ3) is 1.67. The van der Waals surface area contributed by atoms with E-state index in [0.29, 0.717) is 17.0 Å². The molecule has 4 nitrogen and oxygen atoms in total. The summed E-state index contributed by atoms with van der Waals surface area (Å²) in [5.41, 5.74) is 1.23. The van der Waals surface area contributed by atoms with Crippen LogP contribution in [0.4, 0.5) is 8.78 Å². The van der Waals surface area contributed by atoms with Crippen molar-refractivity contribution >= 4 is 0 Å². The number of hydrogen-bond donors (Lipinski definition) is 1. The molecular weight excluding hydrogens is 216 g/mol. The van der Waals surface area contributed by atoms with Crippen LogP contribution in [0.5, 0.6) is 0 Å². The van der Waals surface area contributed by atoms with Crippen LogP contribution < -0.4 is 0 Å². The standard InChI is InChI=1S/C10H9F2N3O/c1-15-10(9(5-16)13-14-15)6-2-3-7(11)8(12)4-6/h2-4,16H,5H2,1H3. The Kier molecular flexibility index (Phi) is 2.66. The Morgan fingerprint density at radius 1 is 1.31 bits per heavy atom. The fraction of sp³-hybridized carbons (Fsp3) is 0.200. The second kappa shape index (κ2) is 3.97. The molecule has 1 N–H and O–H groups in total. The van der Waals surface area contributed by atoms with Crippen molar-refractivity contribution in [2.45, 2.75) is 6.61 Å². The molecule has 2 aromatic rings. The Morgan fingerprint density at radius 3 is 2.69 bits per heavy atom. The maximum absolute atomic E-state index is 13.1. The highest BCUT2D eigenvalue weighted by Crippen LogP contribution is 2.23. The molecule has 0 aliphatic carbocycles. The van der Waals surface area contributed by atoms with Crippen molar-refractivity contribution < 1.29 is 13.9 Å². The van der Waals surface area contributed by atoms with E-state index in [1.54, 1.807) is 7.05 Å². The van der Waals surface area contributed by atoms with Crippen LogP contribution >= 0.6 is 0 Å². The molecule has 6 heteroatoms. The number of aliphatic hydroxyl groups is 1. The van der Waals surface area contributed by atoms with Crippen molar-refractivity contribution in [1.82, 2.24) is 15.0 Å². The molecule has 0 saturated carbocycles. The van der Waals surface area contributed by atoms with Crippen molar-refractivity contribution in [2.24, 2.45) is 7.05 Å². The monoisotopic (exact) mass is 225 g/mol. The van der Waals surface area contributed by atoms with Crippen LogP contribution in [0.2, 0.25) is 0 Å². The van der Waals surface area contributed by atoms with E-state index in [1.807, 2.05) is 0 Å². The molecule has 16 heavy (non-hydrogen) atoms. The van der Waals surface area contributed by atoms with Crippen molar-refractivity contribution in [3.8, 4) is 11.3 Å². The van der Waals surface area contributed by atoms with Gasteiger partial charge in [-0.15, -0.1) is 5.10 Å². The topological polar surface area (TPSA) is 50.9 Å². The van der Waals surface area contributed by atoms with Gasteiger partial charge in [-0.25, -0.2) is 13.5 Å². The highest BCUT2D eigenvalue weighted by atomic mass is 19.2. The predicted octanol–water partition coefficient (Wildman–Crippen LogP) is 1.25. The van der Waals surface area contributed by atoms with Crippen LogP contribution in [0.1, 0.15) is 5.69 Å². The number of halogens is 2. The first-order valence-electron chi connectivity index (χ1n) is 4.58. The van der Waals surface area contributed by atoms with E-state index in [9.17, 15) is 8.78 Å². The summed E-state index contributed by atoms with van der Waals surface area (Å²) in [4.78, 5) is 0. The number of rotatable bonds is 2. The summed E-state index contributed by atoms with van der Waals surface area (Å²) in [5.74, 6) is -1.85. The zero-order valence-corrected chi connectivity index (χ0v) is 8.48. The first-order valence-corrected chi connectivity index (χ1v) is 4.58. The Hall–Kier alpha value is -1.82. The maximum Gasteiger partial charge on any atom is 0.159 e. The van der Waals surface area contributed by atoms with Crippen LogP contribution in [0.25, 0.3) is 11.3 Å². The van der Waals surface area contributed by atoms with E-state index in [2.05, 4.69) is 10.3 Å². The van der Waals surface area contributed by atoms with Crippen LogP contribution in [0, 0.1) is 11.6 Å². The van der Waals surface area contributed by atoms with E-state index in [0.717, 1.165) is 12.1 Å². The minimum atomic E-state index is -0.942. The fourth-order valence-corrected chi connectivity index (χ4v) is 1.50. The molecule has 0 radical (unpaired) electrons. The summed E-state index contributed by atoms with van der Waals surface area (Å²) in [6.45, 7) is -0.303. The van der Waals surface area contributed by atoms with Gasteiger partial charge in [0.15, 0.2) is 11.6 Å². The summed E-state index contributed by atoms with van der Waals surface area (Å²) >= 11 is 0. The Bertz CT molecular complexity index is 525. The summed E-state index contributed by atoms with van der Waals surface area (Å²) in [7, 11) is 1.61. The molecule has 0 saturated heterocycles. The Labute approximate surface area is 90.1 Å². The van der Waals surface area contributed by atoms with Gasteiger partial charge in [0.2, 0.25) is 0 Å². The molecule has 0 spiro atoms. The summed E-state index contributed by atoms with van der Waals surface area (Å²) in [5, 5.41) is 16.4. The Balaban J connectivity index is 2.57. The third-order valence-corrected chi connectivity index (χ3v) is 2.24. The zero-order valence-electron chi connectivity index (χ0n) is 8.48. The van der Waals surface area contributed by atoms with Gasteiger partial charge in [0, 0.05) is 12.6 Å². The number of nitrogens with zero attached hydrogens (tertiary/aromatic N) is 3. The summed E-state index contributed by atoms with van der Waals surface area (Å²) in [6, 6.07) is 3.49. The minimum Gasteiger partial charge on any atom is -0.390 e. The molecule has 0 unspecified atom stereocenters. The first-order chi connectivity index (χ1) is 7.63. The lowest BCUT2D eigenvalue weighted by molar-refractivity contribution is 0.277. The first kappa shape index (κ1) is 10.7. The van der Waals surface area contributed by atoms with E-state index in [4.69, 9.17) is 5.11 Å². The van der Waals surface area contributed by atoms with Gasteiger partial charge in [-0.3, -0.25) is 0 Å². The molecule has 2 rings (SSSR count). The predicted molar refractivity (Wildman–Crippen MR) is 52.3 cm³/mol. The smallest absolute Gasteiger partial charge is 0.159 e. The lowest BCUT2D eigenvalue weighted by Crippen LogP contribution is -1.97. The average Bonchev–Trinajstić information content (AvgIpc) is 2.64. The van der Waals surface area contributed by atoms with Gasteiger partial charge in [-0.05, 0) is 18.2 Å². The molecule has 0 aliphatic rings. The van der Waals surface area contributed by atoms with E-state index in [1.165, 1.54) is 10.7 Å². The van der Waals surface area contributed by atoms with Gasteiger partial charge < -0.3 is 5.11 Å². The fourth-order valence-electron chi connectivity index (χ4n) is 1.50. The largest absolute Gasteiger partial charge is 0.390 e. The summed E-state index contributed by atoms with van der Waals surface area (Å²) < 4.78 is 27.2. The van der Waals surface area contributed by atoms with Crippen molar-refractivity contribution in [3.05, 3.63) is 35.5 Å². The molecule has 0 atom stereocenters. The maximum atomic E-state index is 13.1. The molecular formula is C10H9F2N3O. The SMILES string of the molecule is Cn1nnc(CO)c1-c1ccc(F)c(F)c1. The molecule has 1 heterocycles. The molecule has 84 valence electrons. The van der Waals surface area contributed by atoms with Gasteiger partial charge >= 0.3 is 0 Å². The number of aryl methyl sites for hydroxylation is 1. The van der Waals surface area contributed by atoms with Gasteiger partial charge in [-0.1, -0.05) is 5.21 Å². The van der Waals surface area contributed by atoms with Crippen LogP contribution in [-0.4, -0.2) is 20.1 Å². The van der Waals surface area contributed by atoms with Gasteiger partial charge in [0.1, 0.15) is 5.69 Å². The highest BCUT2D eigenvalue weighted by molar-refractivity contribution is 5.61. The minimum absolute atomic E-state index is 0.303. The third-order valence-electron chi connectivity index (χ3n) is 2.24. The quantitative estimate of drug-likeness (QED) is 0.836. The second-order valence-corrected chi connectivity index (χ2v) is 3.30. The highest BCUT2D eigenvalue weighted by Gasteiger charge is 2.13. The number of aliphatic hydroxyl groups excluding tert-OH is 1.